The van der Waals surface area contributed by atoms with Crippen LogP contribution < -0.4 is 4.72 Å². The molecule has 3 aromatic carbocycles. The molecular weight excluding hydrogens is 424 g/mol. The van der Waals surface area contributed by atoms with Gasteiger partial charge in [-0.05, 0) is 66.9 Å². The van der Waals surface area contributed by atoms with Crippen LogP contribution in [0.2, 0.25) is 0 Å². The molecule has 1 amide bonds. The number of anilines is 1. The lowest BCUT2D eigenvalue weighted by atomic mass is 10.1. The van der Waals surface area contributed by atoms with Gasteiger partial charge in [-0.2, -0.15) is 0 Å². The van der Waals surface area contributed by atoms with Crippen LogP contribution in [-0.4, -0.2) is 39.5 Å². The van der Waals surface area contributed by atoms with Gasteiger partial charge in [-0.1, -0.05) is 36.4 Å². The normalized spacial score (nSPS) is 11.2. The molecule has 0 saturated heterocycles. The van der Waals surface area contributed by atoms with Gasteiger partial charge in [0, 0.05) is 31.5 Å². The van der Waals surface area contributed by atoms with Crippen LogP contribution in [0.1, 0.15) is 27.0 Å². The molecule has 0 aliphatic rings. The lowest BCUT2D eigenvalue weighted by molar-refractivity contribution is 0.0680. The van der Waals surface area contributed by atoms with Crippen molar-refractivity contribution >= 4 is 21.6 Å². The number of aryl methyl sites for hydroxylation is 2. The second-order valence-corrected chi connectivity index (χ2v) is 9.32. The van der Waals surface area contributed by atoms with Crippen molar-refractivity contribution in [1.82, 2.24) is 4.90 Å². The van der Waals surface area contributed by atoms with Crippen molar-refractivity contribution in [3.63, 3.8) is 0 Å². The number of rotatable bonds is 9. The molecule has 0 saturated carbocycles. The molecule has 0 aliphatic heterocycles. The van der Waals surface area contributed by atoms with Crippen molar-refractivity contribution in [2.24, 2.45) is 0 Å². The molecule has 32 heavy (non-hydrogen) atoms. The highest BCUT2D eigenvalue weighted by Crippen LogP contribution is 2.20. The fraction of sp³-hybridized carbons (Fsp3) is 0.240. The number of carbonyl (C=O) groups excluding carboxylic acids is 1. The number of benzene rings is 3. The third-order valence-electron chi connectivity index (χ3n) is 5.24. The molecule has 0 radical (unpaired) electrons. The third kappa shape index (κ3) is 5.96. The third-order valence-corrected chi connectivity index (χ3v) is 6.64. The van der Waals surface area contributed by atoms with Gasteiger partial charge in [0.15, 0.2) is 0 Å². The summed E-state index contributed by atoms with van der Waals surface area (Å²) in [5.74, 6) is -0.183. The van der Waals surface area contributed by atoms with Crippen LogP contribution >= 0.6 is 0 Å². The smallest absolute Gasteiger partial charge is 0.261 e. The van der Waals surface area contributed by atoms with Crippen molar-refractivity contribution in [1.29, 1.82) is 0 Å². The maximum atomic E-state index is 13.1. The first-order valence-corrected chi connectivity index (χ1v) is 11.8. The monoisotopic (exact) mass is 452 g/mol. The number of ether oxygens (including phenoxy) is 1. The Morgan fingerprint density at radius 2 is 1.62 bits per heavy atom. The summed E-state index contributed by atoms with van der Waals surface area (Å²) in [7, 11) is -2.17. The molecular formula is C25H28N2O4S. The number of methoxy groups -OCH3 is 1. The number of hydrogen-bond acceptors (Lipinski definition) is 4. The number of hydrogen-bond donors (Lipinski definition) is 1. The highest BCUT2D eigenvalue weighted by molar-refractivity contribution is 7.92. The number of nitrogens with one attached hydrogen (secondary N) is 1. The summed E-state index contributed by atoms with van der Waals surface area (Å²) in [6, 6.07) is 21.1. The molecule has 0 atom stereocenters. The Morgan fingerprint density at radius 3 is 2.25 bits per heavy atom. The fourth-order valence-corrected chi connectivity index (χ4v) is 4.29. The van der Waals surface area contributed by atoms with Crippen molar-refractivity contribution in [3.05, 3.63) is 95.1 Å². The minimum Gasteiger partial charge on any atom is -0.383 e. The van der Waals surface area contributed by atoms with E-state index in [1.807, 2.05) is 50.2 Å². The molecule has 0 heterocycles. The van der Waals surface area contributed by atoms with Crippen LogP contribution in [0.25, 0.3) is 0 Å². The van der Waals surface area contributed by atoms with E-state index in [9.17, 15) is 13.2 Å². The predicted octanol–water partition coefficient (Wildman–Crippen LogP) is 4.39. The van der Waals surface area contributed by atoms with Crippen LogP contribution in [0.5, 0.6) is 0 Å². The molecule has 0 aliphatic carbocycles. The Hall–Kier alpha value is -3.16. The van der Waals surface area contributed by atoms with Gasteiger partial charge in [0.05, 0.1) is 11.5 Å². The molecule has 3 aromatic rings. The molecule has 0 aromatic heterocycles. The maximum Gasteiger partial charge on any atom is 0.261 e. The molecule has 168 valence electrons. The van der Waals surface area contributed by atoms with E-state index in [-0.39, 0.29) is 10.8 Å². The van der Waals surface area contributed by atoms with E-state index in [0.29, 0.717) is 30.9 Å². The van der Waals surface area contributed by atoms with Crippen LogP contribution in [0.3, 0.4) is 0 Å². The van der Waals surface area contributed by atoms with Gasteiger partial charge in [0.25, 0.3) is 15.9 Å². The van der Waals surface area contributed by atoms with Crippen LogP contribution in [0.4, 0.5) is 5.69 Å². The van der Waals surface area contributed by atoms with Crippen LogP contribution in [0, 0.1) is 13.8 Å². The Morgan fingerprint density at radius 1 is 0.938 bits per heavy atom. The van der Waals surface area contributed by atoms with E-state index in [1.54, 1.807) is 36.3 Å². The molecule has 0 fully saturated rings. The number of sulfonamides is 1. The molecule has 1 N–H and O–H groups in total. The largest absolute Gasteiger partial charge is 0.383 e. The predicted molar refractivity (Wildman–Crippen MR) is 126 cm³/mol. The van der Waals surface area contributed by atoms with Gasteiger partial charge in [-0.15, -0.1) is 0 Å². The Balaban J connectivity index is 1.77. The first-order chi connectivity index (χ1) is 15.3. The lowest BCUT2D eigenvalue weighted by Crippen LogP contribution is -2.33. The lowest BCUT2D eigenvalue weighted by Gasteiger charge is -2.23. The zero-order chi connectivity index (χ0) is 23.1. The van der Waals surface area contributed by atoms with E-state index in [1.165, 1.54) is 12.1 Å². The molecule has 7 heteroatoms. The number of carbonyl (C=O) groups is 1. The van der Waals surface area contributed by atoms with Crippen molar-refractivity contribution in [2.75, 3.05) is 25.0 Å². The molecule has 0 unspecified atom stereocenters. The molecule has 0 bridgehead atoms. The van der Waals surface area contributed by atoms with Crippen molar-refractivity contribution < 1.29 is 17.9 Å². The Labute approximate surface area is 189 Å². The molecule has 6 nitrogen and oxygen atoms in total. The van der Waals surface area contributed by atoms with Crippen molar-refractivity contribution in [3.8, 4) is 0 Å². The van der Waals surface area contributed by atoms with E-state index in [4.69, 9.17) is 4.74 Å². The average Bonchev–Trinajstić information content (AvgIpc) is 2.79. The van der Waals surface area contributed by atoms with Gasteiger partial charge >= 0.3 is 0 Å². The standard InChI is InChI=1S/C25H28N2O4S/c1-19-9-12-23(17-20(19)2)26-32(29,30)24-13-10-22(11-14-24)25(28)27(15-16-31-3)18-21-7-5-4-6-8-21/h4-14,17,26H,15-16,18H2,1-3H3. The highest BCUT2D eigenvalue weighted by Gasteiger charge is 2.19. The van der Waals surface area contributed by atoms with Gasteiger partial charge in [0.1, 0.15) is 0 Å². The summed E-state index contributed by atoms with van der Waals surface area (Å²) in [4.78, 5) is 14.9. The second-order valence-electron chi connectivity index (χ2n) is 7.63. The summed E-state index contributed by atoms with van der Waals surface area (Å²) in [5.41, 5.74) is 4.02. The van der Waals surface area contributed by atoms with E-state index >= 15 is 0 Å². The molecule has 0 spiro atoms. The van der Waals surface area contributed by atoms with Crippen LogP contribution in [-0.2, 0) is 21.3 Å². The average molecular weight is 453 g/mol. The minimum atomic E-state index is -3.76. The summed E-state index contributed by atoms with van der Waals surface area (Å²) in [6.07, 6.45) is 0. The molecule has 3 rings (SSSR count). The topological polar surface area (TPSA) is 75.7 Å². The Kier molecular flexibility index (Phi) is 7.66. The van der Waals surface area contributed by atoms with E-state index < -0.39 is 10.0 Å². The quantitative estimate of drug-likeness (QED) is 0.522. The summed E-state index contributed by atoms with van der Waals surface area (Å²) < 4.78 is 33.3. The maximum absolute atomic E-state index is 13.1. The van der Waals surface area contributed by atoms with Gasteiger partial charge in [0.2, 0.25) is 0 Å². The van der Waals surface area contributed by atoms with E-state index in [2.05, 4.69) is 4.72 Å². The fourth-order valence-electron chi connectivity index (χ4n) is 3.24. The van der Waals surface area contributed by atoms with E-state index in [0.717, 1.165) is 16.7 Å². The minimum absolute atomic E-state index is 0.0961. The second kappa shape index (κ2) is 10.4. The Bertz CT molecular complexity index is 1160. The first kappa shape index (κ1) is 23.5. The van der Waals surface area contributed by atoms with Gasteiger partial charge in [-0.25, -0.2) is 8.42 Å². The summed E-state index contributed by atoms with van der Waals surface area (Å²) in [5, 5.41) is 0. The highest BCUT2D eigenvalue weighted by atomic mass is 32.2. The first-order valence-electron chi connectivity index (χ1n) is 10.3. The zero-order valence-electron chi connectivity index (χ0n) is 18.5. The van der Waals surface area contributed by atoms with Gasteiger partial charge < -0.3 is 9.64 Å². The SMILES string of the molecule is COCCN(Cc1ccccc1)C(=O)c1ccc(S(=O)(=O)Nc2ccc(C)c(C)c2)cc1. The van der Waals surface area contributed by atoms with Gasteiger partial charge in [-0.3, -0.25) is 9.52 Å². The zero-order valence-corrected chi connectivity index (χ0v) is 19.4. The van der Waals surface area contributed by atoms with Crippen LogP contribution in [0.15, 0.2) is 77.7 Å². The number of nitrogens with zero attached hydrogens (tertiary/aromatic N) is 1. The number of amides is 1. The van der Waals surface area contributed by atoms with Crippen molar-refractivity contribution in [2.45, 2.75) is 25.3 Å². The summed E-state index contributed by atoms with van der Waals surface area (Å²) >= 11 is 0. The summed E-state index contributed by atoms with van der Waals surface area (Å²) in [6.45, 7) is 5.18.